The molecule has 6 heteroatoms. The van der Waals surface area contributed by atoms with E-state index in [2.05, 4.69) is 30.9 Å². The molecule has 0 saturated heterocycles. The lowest BCUT2D eigenvalue weighted by atomic mass is 10.1. The van der Waals surface area contributed by atoms with E-state index in [1.807, 2.05) is 29.2 Å². The summed E-state index contributed by atoms with van der Waals surface area (Å²) in [5, 5.41) is 10.4. The number of aromatic nitrogens is 1. The Morgan fingerprint density at radius 3 is 3.04 bits per heavy atom. The normalized spacial score (nSPS) is 16.6. The van der Waals surface area contributed by atoms with Crippen LogP contribution in [0.1, 0.15) is 11.1 Å². The molecule has 2 aliphatic rings. The smallest absolute Gasteiger partial charge is 0.138 e. The summed E-state index contributed by atoms with van der Waals surface area (Å²) >= 11 is 3.47. The quantitative estimate of drug-likeness (QED) is 0.824. The first-order chi connectivity index (χ1) is 11.2. The van der Waals surface area contributed by atoms with E-state index in [9.17, 15) is 5.11 Å². The minimum Gasteiger partial charge on any atom is -0.507 e. The molecule has 0 aliphatic carbocycles. The topological polar surface area (TPSA) is 61.1 Å². The third-order valence-electron chi connectivity index (χ3n) is 3.78. The van der Waals surface area contributed by atoms with Crippen LogP contribution in [0.25, 0.3) is 5.76 Å². The fourth-order valence-electron chi connectivity index (χ4n) is 2.70. The van der Waals surface area contributed by atoms with Crippen LogP contribution in [0, 0.1) is 0 Å². The molecule has 1 N–H and O–H groups in total. The molecule has 0 bridgehead atoms. The molecule has 4 rings (SSSR count). The standard InChI is InChI=1S/C17H13BrN4O/c18-12-3-4-13-14(8-12)21-16(22-7-6-20-17(13)22)9-15(23)11-2-1-5-19-10-11/h1-5,8-10,23H,6-7H2/b15-9-. The van der Waals surface area contributed by atoms with E-state index in [4.69, 9.17) is 0 Å². The third-order valence-corrected chi connectivity index (χ3v) is 4.27. The summed E-state index contributed by atoms with van der Waals surface area (Å²) in [5.41, 5.74) is 2.53. The van der Waals surface area contributed by atoms with Gasteiger partial charge in [-0.15, -0.1) is 0 Å². The van der Waals surface area contributed by atoms with Crippen LogP contribution in [0.15, 0.2) is 63.3 Å². The van der Waals surface area contributed by atoms with Gasteiger partial charge in [0, 0.05) is 40.6 Å². The Hall–Kier alpha value is -2.47. The fraction of sp³-hybridized carbons (Fsp3) is 0.118. The van der Waals surface area contributed by atoms with Crippen molar-refractivity contribution < 1.29 is 5.11 Å². The van der Waals surface area contributed by atoms with E-state index >= 15 is 0 Å². The van der Waals surface area contributed by atoms with Crippen LogP contribution >= 0.6 is 15.9 Å². The summed E-state index contributed by atoms with van der Waals surface area (Å²) in [6, 6.07) is 9.56. The lowest BCUT2D eigenvalue weighted by Crippen LogP contribution is -2.36. The lowest BCUT2D eigenvalue weighted by molar-refractivity contribution is 0.511. The van der Waals surface area contributed by atoms with Gasteiger partial charge >= 0.3 is 0 Å². The Morgan fingerprint density at radius 2 is 2.22 bits per heavy atom. The molecular weight excluding hydrogens is 356 g/mol. The van der Waals surface area contributed by atoms with Crippen LogP contribution in [-0.4, -0.2) is 39.8 Å². The van der Waals surface area contributed by atoms with Crippen molar-refractivity contribution in [3.63, 3.8) is 0 Å². The van der Waals surface area contributed by atoms with E-state index in [1.54, 1.807) is 24.5 Å². The first kappa shape index (κ1) is 14.1. The maximum Gasteiger partial charge on any atom is 0.138 e. The Morgan fingerprint density at radius 1 is 1.30 bits per heavy atom. The van der Waals surface area contributed by atoms with Gasteiger partial charge in [-0.1, -0.05) is 15.9 Å². The van der Waals surface area contributed by atoms with E-state index < -0.39 is 0 Å². The zero-order valence-electron chi connectivity index (χ0n) is 12.1. The minimum atomic E-state index is 0.140. The maximum absolute atomic E-state index is 10.4. The van der Waals surface area contributed by atoms with Gasteiger partial charge in [-0.25, -0.2) is 4.99 Å². The monoisotopic (exact) mass is 368 g/mol. The average molecular weight is 369 g/mol. The second kappa shape index (κ2) is 5.62. The van der Waals surface area contributed by atoms with Crippen molar-refractivity contribution in [2.24, 2.45) is 9.98 Å². The summed E-state index contributed by atoms with van der Waals surface area (Å²) in [4.78, 5) is 15.3. The summed E-state index contributed by atoms with van der Waals surface area (Å²) < 4.78 is 0.965. The largest absolute Gasteiger partial charge is 0.507 e. The molecule has 2 aliphatic heterocycles. The molecule has 0 atom stereocenters. The first-order valence-corrected chi connectivity index (χ1v) is 8.03. The molecule has 0 spiro atoms. The number of hydrogen-bond acceptors (Lipinski definition) is 5. The molecule has 0 amide bonds. The highest BCUT2D eigenvalue weighted by molar-refractivity contribution is 9.10. The van der Waals surface area contributed by atoms with Crippen molar-refractivity contribution >= 4 is 39.0 Å². The molecule has 114 valence electrons. The van der Waals surface area contributed by atoms with Crippen LogP contribution in [0.2, 0.25) is 0 Å². The van der Waals surface area contributed by atoms with Gasteiger partial charge < -0.3 is 10.0 Å². The molecular formula is C17H13BrN4O. The van der Waals surface area contributed by atoms with E-state index in [0.717, 1.165) is 34.6 Å². The van der Waals surface area contributed by atoms with Crippen LogP contribution in [0.4, 0.5) is 5.69 Å². The van der Waals surface area contributed by atoms with Crippen molar-refractivity contribution in [3.8, 4) is 0 Å². The number of halogens is 1. The van der Waals surface area contributed by atoms with Crippen molar-refractivity contribution in [1.82, 2.24) is 9.88 Å². The first-order valence-electron chi connectivity index (χ1n) is 7.24. The van der Waals surface area contributed by atoms with Crippen molar-refractivity contribution in [2.45, 2.75) is 0 Å². The van der Waals surface area contributed by atoms with Crippen LogP contribution < -0.4 is 0 Å². The zero-order valence-corrected chi connectivity index (χ0v) is 13.7. The third kappa shape index (κ3) is 2.55. The number of nitrogens with zero attached hydrogens (tertiary/aromatic N) is 4. The Labute approximate surface area is 141 Å². The molecule has 0 fully saturated rings. The predicted octanol–water partition coefficient (Wildman–Crippen LogP) is 3.55. The molecule has 0 radical (unpaired) electrons. The molecule has 1 aromatic carbocycles. The van der Waals surface area contributed by atoms with E-state index in [-0.39, 0.29) is 5.76 Å². The van der Waals surface area contributed by atoms with Crippen molar-refractivity contribution in [1.29, 1.82) is 0 Å². The van der Waals surface area contributed by atoms with Gasteiger partial charge in [0.05, 0.1) is 12.2 Å². The Bertz CT molecular complexity index is 858. The number of benzene rings is 1. The SMILES string of the molecule is O/C(=C\C1=Nc2cc(Br)ccc2C2=NCCN12)c1cccnc1. The van der Waals surface area contributed by atoms with Crippen LogP contribution in [-0.2, 0) is 0 Å². The van der Waals surface area contributed by atoms with Gasteiger partial charge in [-0.2, -0.15) is 0 Å². The molecule has 1 aromatic heterocycles. The number of aliphatic hydroxyl groups is 1. The summed E-state index contributed by atoms with van der Waals surface area (Å²) in [7, 11) is 0. The molecule has 23 heavy (non-hydrogen) atoms. The number of amidine groups is 2. The lowest BCUT2D eigenvalue weighted by Gasteiger charge is -2.26. The molecule has 0 saturated carbocycles. The van der Waals surface area contributed by atoms with Gasteiger partial charge in [0.2, 0.25) is 0 Å². The van der Waals surface area contributed by atoms with E-state index in [0.29, 0.717) is 11.4 Å². The number of hydrogen-bond donors (Lipinski definition) is 1. The number of fused-ring (bicyclic) bond motifs is 3. The predicted molar refractivity (Wildman–Crippen MR) is 94.2 cm³/mol. The van der Waals surface area contributed by atoms with Gasteiger partial charge in [0.15, 0.2) is 0 Å². The second-order valence-electron chi connectivity index (χ2n) is 5.26. The molecule has 2 aromatic rings. The highest BCUT2D eigenvalue weighted by Crippen LogP contribution is 2.32. The Kier molecular flexibility index (Phi) is 3.46. The number of pyridine rings is 1. The van der Waals surface area contributed by atoms with Gasteiger partial charge in [0.25, 0.3) is 0 Å². The fourth-order valence-corrected chi connectivity index (χ4v) is 3.05. The molecule has 5 nitrogen and oxygen atoms in total. The number of aliphatic hydroxyl groups excluding tert-OH is 1. The number of rotatable bonds is 2. The van der Waals surface area contributed by atoms with Gasteiger partial charge in [-0.3, -0.25) is 9.98 Å². The average Bonchev–Trinajstić information content (AvgIpc) is 3.05. The zero-order chi connectivity index (χ0) is 15.8. The van der Waals surface area contributed by atoms with Crippen LogP contribution in [0.5, 0.6) is 0 Å². The summed E-state index contributed by atoms with van der Waals surface area (Å²) in [6.07, 6.45) is 4.97. The van der Waals surface area contributed by atoms with E-state index in [1.165, 1.54) is 0 Å². The minimum absolute atomic E-state index is 0.140. The highest BCUT2D eigenvalue weighted by Gasteiger charge is 2.28. The maximum atomic E-state index is 10.4. The molecule has 0 unspecified atom stereocenters. The Balaban J connectivity index is 1.81. The van der Waals surface area contributed by atoms with Crippen molar-refractivity contribution in [3.05, 3.63) is 64.4 Å². The second-order valence-corrected chi connectivity index (χ2v) is 6.18. The highest BCUT2D eigenvalue weighted by atomic mass is 79.9. The summed E-state index contributed by atoms with van der Waals surface area (Å²) in [6.45, 7) is 1.49. The van der Waals surface area contributed by atoms with Gasteiger partial charge in [0.1, 0.15) is 17.4 Å². The summed E-state index contributed by atoms with van der Waals surface area (Å²) in [5.74, 6) is 1.74. The molecule has 3 heterocycles. The van der Waals surface area contributed by atoms with Crippen LogP contribution in [0.3, 0.4) is 0 Å². The van der Waals surface area contributed by atoms with Gasteiger partial charge in [-0.05, 0) is 30.3 Å². The number of aliphatic imine (C=N–C) groups is 2. The van der Waals surface area contributed by atoms with Crippen molar-refractivity contribution in [2.75, 3.05) is 13.1 Å².